The molecule has 1 amide bonds. The third-order valence-electron chi connectivity index (χ3n) is 4.40. The van der Waals surface area contributed by atoms with Gasteiger partial charge in [-0.3, -0.25) is 4.79 Å². The Morgan fingerprint density at radius 1 is 1.36 bits per heavy atom. The monoisotopic (exact) mass is 359 g/mol. The zero-order valence-electron chi connectivity index (χ0n) is 14.3. The first kappa shape index (κ1) is 17.4. The lowest BCUT2D eigenvalue weighted by molar-refractivity contribution is -0.117. The fourth-order valence-electron chi connectivity index (χ4n) is 2.89. The van der Waals surface area contributed by atoms with Crippen molar-refractivity contribution >= 4 is 34.6 Å². The van der Waals surface area contributed by atoms with Crippen LogP contribution in [-0.4, -0.2) is 24.6 Å². The van der Waals surface area contributed by atoms with Crippen molar-refractivity contribution in [3.8, 4) is 5.75 Å². The van der Waals surface area contributed by atoms with Gasteiger partial charge in [0.05, 0.1) is 12.2 Å². The van der Waals surface area contributed by atoms with E-state index < -0.39 is 0 Å². The van der Waals surface area contributed by atoms with Gasteiger partial charge in [0.15, 0.2) is 0 Å². The third kappa shape index (κ3) is 3.82. The average molecular weight is 360 g/mol. The van der Waals surface area contributed by atoms with Gasteiger partial charge in [-0.2, -0.15) is 0 Å². The Balaban J connectivity index is 1.82. The molecule has 25 heavy (non-hydrogen) atoms. The number of amides is 1. The molecular weight excluding hydrogens is 338 g/mol. The summed E-state index contributed by atoms with van der Waals surface area (Å²) in [5.41, 5.74) is 8.14. The molecule has 3 rings (SSSR count). The van der Waals surface area contributed by atoms with Crippen LogP contribution >= 0.6 is 11.6 Å². The second kappa shape index (κ2) is 7.23. The first-order valence-electron chi connectivity index (χ1n) is 8.37. The molecule has 1 aliphatic heterocycles. The summed E-state index contributed by atoms with van der Waals surface area (Å²) in [6.45, 7) is 4.60. The highest BCUT2D eigenvalue weighted by atomic mass is 35.5. The standard InChI is InChI=1S/C19H22ClN3O2/c1-3-16-11-23(17-10-14(21)6-9-18(17)25-16)12(2)19(24)22-15-7-4-13(20)5-8-15/h4-10,12,16H,3,11,21H2,1-2H3,(H,22,24). The predicted molar refractivity (Wildman–Crippen MR) is 102 cm³/mol. The topological polar surface area (TPSA) is 67.6 Å². The van der Waals surface area contributed by atoms with Gasteiger partial charge in [-0.05, 0) is 55.8 Å². The van der Waals surface area contributed by atoms with E-state index >= 15 is 0 Å². The molecule has 0 bridgehead atoms. The highest BCUT2D eigenvalue weighted by Crippen LogP contribution is 2.37. The lowest BCUT2D eigenvalue weighted by Gasteiger charge is -2.39. The summed E-state index contributed by atoms with van der Waals surface area (Å²) in [6.07, 6.45) is 0.910. The van der Waals surface area contributed by atoms with E-state index in [1.54, 1.807) is 24.3 Å². The third-order valence-corrected chi connectivity index (χ3v) is 4.65. The Bertz CT molecular complexity index is 764. The van der Waals surface area contributed by atoms with Gasteiger partial charge in [0, 0.05) is 16.4 Å². The van der Waals surface area contributed by atoms with Gasteiger partial charge >= 0.3 is 0 Å². The maximum Gasteiger partial charge on any atom is 0.246 e. The molecular formula is C19H22ClN3O2. The van der Waals surface area contributed by atoms with E-state index in [1.165, 1.54) is 0 Å². The van der Waals surface area contributed by atoms with Crippen LogP contribution in [0.2, 0.25) is 5.02 Å². The average Bonchev–Trinajstić information content (AvgIpc) is 2.62. The molecule has 1 aliphatic rings. The largest absolute Gasteiger partial charge is 0.486 e. The minimum Gasteiger partial charge on any atom is -0.486 e. The summed E-state index contributed by atoms with van der Waals surface area (Å²) >= 11 is 5.89. The zero-order chi connectivity index (χ0) is 18.0. The molecule has 132 valence electrons. The van der Waals surface area contributed by atoms with Crippen LogP contribution in [0.5, 0.6) is 5.75 Å². The summed E-state index contributed by atoms with van der Waals surface area (Å²) in [5, 5.41) is 3.57. The van der Waals surface area contributed by atoms with E-state index in [1.807, 2.05) is 25.1 Å². The first-order valence-corrected chi connectivity index (χ1v) is 8.75. The van der Waals surface area contributed by atoms with Crippen molar-refractivity contribution in [1.29, 1.82) is 0 Å². The SMILES string of the molecule is CCC1CN(C(C)C(=O)Nc2ccc(Cl)cc2)c2cc(N)ccc2O1. The number of rotatable bonds is 4. The molecule has 0 saturated carbocycles. The number of carbonyl (C=O) groups excluding carboxylic acids is 1. The number of nitrogens with zero attached hydrogens (tertiary/aromatic N) is 1. The molecule has 0 fully saturated rings. The number of carbonyl (C=O) groups is 1. The summed E-state index contributed by atoms with van der Waals surface area (Å²) in [7, 11) is 0. The maximum absolute atomic E-state index is 12.7. The number of hydrogen-bond acceptors (Lipinski definition) is 4. The van der Waals surface area contributed by atoms with Gasteiger partial charge in [-0.25, -0.2) is 0 Å². The van der Waals surface area contributed by atoms with Crippen LogP contribution in [0.25, 0.3) is 0 Å². The number of benzene rings is 2. The second-order valence-corrected chi connectivity index (χ2v) is 6.64. The molecule has 0 spiro atoms. The fraction of sp³-hybridized carbons (Fsp3) is 0.316. The van der Waals surface area contributed by atoms with E-state index in [-0.39, 0.29) is 18.1 Å². The van der Waals surface area contributed by atoms with Crippen molar-refractivity contribution in [2.75, 3.05) is 22.5 Å². The smallest absolute Gasteiger partial charge is 0.246 e. The van der Waals surface area contributed by atoms with Crippen molar-refractivity contribution in [2.24, 2.45) is 0 Å². The van der Waals surface area contributed by atoms with Crippen molar-refractivity contribution in [1.82, 2.24) is 0 Å². The summed E-state index contributed by atoms with van der Waals surface area (Å²) in [6, 6.07) is 12.2. The quantitative estimate of drug-likeness (QED) is 0.812. The first-order chi connectivity index (χ1) is 12.0. The number of anilines is 3. The van der Waals surface area contributed by atoms with Crippen molar-refractivity contribution in [3.05, 3.63) is 47.5 Å². The maximum atomic E-state index is 12.7. The molecule has 5 nitrogen and oxygen atoms in total. The number of ether oxygens (including phenoxy) is 1. The van der Waals surface area contributed by atoms with Crippen LogP contribution in [0, 0.1) is 0 Å². The van der Waals surface area contributed by atoms with Crippen molar-refractivity contribution < 1.29 is 9.53 Å². The Hall–Kier alpha value is -2.40. The Labute approximate surface area is 152 Å². The molecule has 0 aromatic heterocycles. The second-order valence-electron chi connectivity index (χ2n) is 6.20. The van der Waals surface area contributed by atoms with Gasteiger partial charge in [0.1, 0.15) is 17.9 Å². The molecule has 6 heteroatoms. The number of fused-ring (bicyclic) bond motifs is 1. The molecule has 2 unspecified atom stereocenters. The zero-order valence-corrected chi connectivity index (χ0v) is 15.1. The minimum atomic E-state index is -0.367. The molecule has 1 heterocycles. The van der Waals surface area contributed by atoms with E-state index in [0.29, 0.717) is 22.9 Å². The number of nitrogens with one attached hydrogen (secondary N) is 1. The summed E-state index contributed by atoms with van der Waals surface area (Å²) < 4.78 is 5.98. The molecule has 0 radical (unpaired) electrons. The van der Waals surface area contributed by atoms with Crippen LogP contribution in [0.3, 0.4) is 0 Å². The Kier molecular flexibility index (Phi) is 5.04. The van der Waals surface area contributed by atoms with Crippen LogP contribution in [0.1, 0.15) is 20.3 Å². The molecule has 0 saturated heterocycles. The van der Waals surface area contributed by atoms with Crippen LogP contribution in [0.4, 0.5) is 17.1 Å². The number of nitrogen functional groups attached to an aromatic ring is 1. The van der Waals surface area contributed by atoms with Crippen molar-refractivity contribution in [2.45, 2.75) is 32.4 Å². The van der Waals surface area contributed by atoms with Crippen LogP contribution < -0.4 is 20.7 Å². The number of halogens is 1. The molecule has 2 aromatic rings. The normalized spacial score (nSPS) is 17.4. The molecule has 0 aliphatic carbocycles. The lowest BCUT2D eigenvalue weighted by Crippen LogP contribution is -2.49. The molecule has 2 atom stereocenters. The summed E-state index contributed by atoms with van der Waals surface area (Å²) in [5.74, 6) is 0.672. The van der Waals surface area contributed by atoms with E-state index in [4.69, 9.17) is 22.1 Å². The Morgan fingerprint density at radius 3 is 2.76 bits per heavy atom. The summed E-state index contributed by atoms with van der Waals surface area (Å²) in [4.78, 5) is 14.8. The molecule has 3 N–H and O–H groups in total. The van der Waals surface area contributed by atoms with Crippen LogP contribution in [0.15, 0.2) is 42.5 Å². The van der Waals surface area contributed by atoms with E-state index in [2.05, 4.69) is 17.1 Å². The van der Waals surface area contributed by atoms with Gasteiger partial charge in [-0.1, -0.05) is 18.5 Å². The van der Waals surface area contributed by atoms with Gasteiger partial charge in [-0.15, -0.1) is 0 Å². The predicted octanol–water partition coefficient (Wildman–Crippen LogP) is 3.93. The van der Waals surface area contributed by atoms with Gasteiger partial charge < -0.3 is 20.7 Å². The molecule has 2 aromatic carbocycles. The van der Waals surface area contributed by atoms with E-state index in [9.17, 15) is 4.79 Å². The Morgan fingerprint density at radius 2 is 2.08 bits per heavy atom. The van der Waals surface area contributed by atoms with E-state index in [0.717, 1.165) is 17.9 Å². The highest BCUT2D eigenvalue weighted by Gasteiger charge is 2.31. The lowest BCUT2D eigenvalue weighted by atomic mass is 10.1. The van der Waals surface area contributed by atoms with Gasteiger partial charge in [0.2, 0.25) is 5.91 Å². The van der Waals surface area contributed by atoms with Gasteiger partial charge in [0.25, 0.3) is 0 Å². The fourth-order valence-corrected chi connectivity index (χ4v) is 3.02. The highest BCUT2D eigenvalue weighted by molar-refractivity contribution is 6.30. The minimum absolute atomic E-state index is 0.0434. The number of nitrogens with two attached hydrogens (primary N) is 1. The van der Waals surface area contributed by atoms with Crippen molar-refractivity contribution in [3.63, 3.8) is 0 Å². The van der Waals surface area contributed by atoms with Crippen LogP contribution in [-0.2, 0) is 4.79 Å². The number of hydrogen-bond donors (Lipinski definition) is 2.